The van der Waals surface area contributed by atoms with Gasteiger partial charge in [-0.1, -0.05) is 73.7 Å². The molecule has 1 N–H and O–H groups in total. The van der Waals surface area contributed by atoms with Crippen molar-refractivity contribution in [3.63, 3.8) is 0 Å². The van der Waals surface area contributed by atoms with Crippen LogP contribution >= 0.6 is 0 Å². The molecule has 0 amide bonds. The van der Waals surface area contributed by atoms with E-state index in [-0.39, 0.29) is 17.4 Å². The van der Waals surface area contributed by atoms with Crippen LogP contribution in [0.5, 0.6) is 0 Å². The SMILES string of the molecule is CC[C@@]1(N(Cc2ccccc2)C(CC(C)(C)O)c2ccc(F)cc2)C=CC=CC1. The lowest BCUT2D eigenvalue weighted by Gasteiger charge is -2.48. The zero-order chi connectivity index (χ0) is 20.9. The molecule has 0 aliphatic heterocycles. The lowest BCUT2D eigenvalue weighted by atomic mass is 9.81. The fraction of sp³-hybridized carbons (Fsp3) is 0.385. The van der Waals surface area contributed by atoms with Crippen LogP contribution in [0.4, 0.5) is 4.39 Å². The van der Waals surface area contributed by atoms with Crippen molar-refractivity contribution in [2.75, 3.05) is 0 Å². The summed E-state index contributed by atoms with van der Waals surface area (Å²) in [7, 11) is 0. The van der Waals surface area contributed by atoms with Gasteiger partial charge in [0.25, 0.3) is 0 Å². The summed E-state index contributed by atoms with van der Waals surface area (Å²) < 4.78 is 13.6. The quantitative estimate of drug-likeness (QED) is 0.577. The van der Waals surface area contributed by atoms with Crippen LogP contribution in [0, 0.1) is 5.82 Å². The highest BCUT2D eigenvalue weighted by Crippen LogP contribution is 2.41. The molecule has 0 saturated carbocycles. The second kappa shape index (κ2) is 9.06. The van der Waals surface area contributed by atoms with Crippen molar-refractivity contribution in [3.8, 4) is 0 Å². The predicted octanol–water partition coefficient (Wildman–Crippen LogP) is 6.19. The summed E-state index contributed by atoms with van der Waals surface area (Å²) in [5, 5.41) is 10.7. The molecule has 3 rings (SSSR count). The van der Waals surface area contributed by atoms with Gasteiger partial charge in [0, 0.05) is 18.1 Å². The Kier molecular flexibility index (Phi) is 6.71. The molecule has 0 spiro atoms. The van der Waals surface area contributed by atoms with Gasteiger partial charge in [0.1, 0.15) is 5.82 Å². The second-order valence-electron chi connectivity index (χ2n) is 8.65. The summed E-state index contributed by atoms with van der Waals surface area (Å²) in [5.41, 5.74) is 1.25. The van der Waals surface area contributed by atoms with Gasteiger partial charge in [-0.3, -0.25) is 4.90 Å². The van der Waals surface area contributed by atoms with Crippen molar-refractivity contribution in [3.05, 3.63) is 95.8 Å². The average Bonchev–Trinajstić information content (AvgIpc) is 2.72. The van der Waals surface area contributed by atoms with Crippen LogP contribution in [-0.4, -0.2) is 21.1 Å². The maximum Gasteiger partial charge on any atom is 0.123 e. The van der Waals surface area contributed by atoms with Crippen molar-refractivity contribution in [2.24, 2.45) is 0 Å². The number of allylic oxidation sites excluding steroid dienone is 2. The Hall–Kier alpha value is -2.23. The first-order valence-electron chi connectivity index (χ1n) is 10.5. The van der Waals surface area contributed by atoms with Gasteiger partial charge in [-0.2, -0.15) is 0 Å². The summed E-state index contributed by atoms with van der Waals surface area (Å²) in [6.45, 7) is 6.66. The van der Waals surface area contributed by atoms with Gasteiger partial charge >= 0.3 is 0 Å². The lowest BCUT2D eigenvalue weighted by Crippen LogP contribution is -2.50. The van der Waals surface area contributed by atoms with Crippen LogP contribution in [0.15, 0.2) is 78.9 Å². The Balaban J connectivity index is 2.09. The highest BCUT2D eigenvalue weighted by molar-refractivity contribution is 5.27. The largest absolute Gasteiger partial charge is 0.390 e. The zero-order valence-corrected chi connectivity index (χ0v) is 17.7. The Bertz CT molecular complexity index is 835. The van der Waals surface area contributed by atoms with Gasteiger partial charge in [0.15, 0.2) is 0 Å². The Labute approximate surface area is 174 Å². The van der Waals surface area contributed by atoms with E-state index in [1.807, 2.05) is 32.0 Å². The average molecular weight is 394 g/mol. The minimum atomic E-state index is -0.850. The molecule has 3 heteroatoms. The van der Waals surface area contributed by atoms with Gasteiger partial charge in [-0.15, -0.1) is 0 Å². The van der Waals surface area contributed by atoms with Crippen molar-refractivity contribution in [1.82, 2.24) is 4.90 Å². The van der Waals surface area contributed by atoms with E-state index in [9.17, 15) is 9.50 Å². The van der Waals surface area contributed by atoms with Crippen molar-refractivity contribution in [1.29, 1.82) is 0 Å². The second-order valence-corrected chi connectivity index (χ2v) is 8.65. The topological polar surface area (TPSA) is 23.5 Å². The molecule has 0 fully saturated rings. The molecule has 154 valence electrons. The summed E-state index contributed by atoms with van der Waals surface area (Å²) in [5.74, 6) is -0.240. The minimum absolute atomic E-state index is 0.0492. The number of nitrogens with zero attached hydrogens (tertiary/aromatic N) is 1. The third kappa shape index (κ3) is 5.43. The zero-order valence-electron chi connectivity index (χ0n) is 17.7. The number of benzene rings is 2. The van der Waals surface area contributed by atoms with Gasteiger partial charge in [0.2, 0.25) is 0 Å². The normalized spacial score (nSPS) is 20.2. The van der Waals surface area contributed by atoms with Crippen LogP contribution in [0.2, 0.25) is 0 Å². The van der Waals surface area contributed by atoms with Crippen molar-refractivity contribution in [2.45, 2.75) is 63.8 Å². The van der Waals surface area contributed by atoms with Gasteiger partial charge < -0.3 is 5.11 Å². The number of aliphatic hydroxyl groups is 1. The number of hydrogen-bond donors (Lipinski definition) is 1. The highest BCUT2D eigenvalue weighted by Gasteiger charge is 2.39. The van der Waals surface area contributed by atoms with Crippen molar-refractivity contribution < 1.29 is 9.50 Å². The smallest absolute Gasteiger partial charge is 0.123 e. The van der Waals surface area contributed by atoms with E-state index >= 15 is 0 Å². The molecule has 29 heavy (non-hydrogen) atoms. The Morgan fingerprint density at radius 3 is 2.31 bits per heavy atom. The predicted molar refractivity (Wildman–Crippen MR) is 118 cm³/mol. The molecule has 0 bridgehead atoms. The standard InChI is InChI=1S/C26H32FNO/c1-4-26(17-9-6-10-18-26)28(20-21-11-7-5-8-12-21)24(19-25(2,3)29)22-13-15-23(27)16-14-22/h5-17,24,29H,4,18-20H2,1-3H3/t24?,26-/m1/s1. The summed E-state index contributed by atoms with van der Waals surface area (Å²) >= 11 is 0. The van der Waals surface area contributed by atoms with E-state index in [0.717, 1.165) is 24.9 Å². The lowest BCUT2D eigenvalue weighted by molar-refractivity contribution is -0.00361. The molecule has 2 aromatic rings. The van der Waals surface area contributed by atoms with E-state index in [2.05, 4.69) is 60.4 Å². The molecule has 2 aromatic carbocycles. The molecule has 0 radical (unpaired) electrons. The minimum Gasteiger partial charge on any atom is -0.390 e. The molecule has 1 unspecified atom stereocenters. The number of rotatable bonds is 8. The third-order valence-corrected chi connectivity index (χ3v) is 5.83. The molecular weight excluding hydrogens is 361 g/mol. The van der Waals surface area contributed by atoms with Crippen LogP contribution in [0.3, 0.4) is 0 Å². The summed E-state index contributed by atoms with van der Waals surface area (Å²) in [4.78, 5) is 2.49. The van der Waals surface area contributed by atoms with Crippen LogP contribution in [-0.2, 0) is 6.54 Å². The van der Waals surface area contributed by atoms with Crippen LogP contribution < -0.4 is 0 Å². The van der Waals surface area contributed by atoms with E-state index in [0.29, 0.717) is 6.42 Å². The van der Waals surface area contributed by atoms with E-state index in [1.165, 1.54) is 17.7 Å². The fourth-order valence-electron chi connectivity index (χ4n) is 4.26. The Morgan fingerprint density at radius 1 is 1.07 bits per heavy atom. The molecule has 1 aliphatic rings. The first-order chi connectivity index (χ1) is 13.8. The van der Waals surface area contributed by atoms with Gasteiger partial charge in [-0.25, -0.2) is 4.39 Å². The molecular formula is C26H32FNO. The Morgan fingerprint density at radius 2 is 1.76 bits per heavy atom. The van der Waals surface area contributed by atoms with Crippen LogP contribution in [0.25, 0.3) is 0 Å². The maximum absolute atomic E-state index is 13.6. The first kappa shape index (κ1) is 21.5. The summed E-state index contributed by atoms with van der Waals surface area (Å²) in [6, 6.07) is 17.1. The molecule has 0 aromatic heterocycles. The molecule has 2 nitrogen and oxygen atoms in total. The van der Waals surface area contributed by atoms with Gasteiger partial charge in [-0.05, 0) is 56.4 Å². The maximum atomic E-state index is 13.6. The van der Waals surface area contributed by atoms with Crippen LogP contribution in [0.1, 0.15) is 57.2 Å². The highest BCUT2D eigenvalue weighted by atomic mass is 19.1. The molecule has 2 atom stereocenters. The molecule has 1 aliphatic carbocycles. The van der Waals surface area contributed by atoms with Gasteiger partial charge in [0.05, 0.1) is 5.60 Å². The summed E-state index contributed by atoms with van der Waals surface area (Å²) in [6.07, 6.45) is 11.1. The first-order valence-corrected chi connectivity index (χ1v) is 10.5. The fourth-order valence-corrected chi connectivity index (χ4v) is 4.26. The molecule has 0 saturated heterocycles. The number of hydrogen-bond acceptors (Lipinski definition) is 2. The molecule has 0 heterocycles. The number of halogens is 1. The van der Waals surface area contributed by atoms with E-state index in [1.54, 1.807) is 0 Å². The monoisotopic (exact) mass is 393 g/mol. The van der Waals surface area contributed by atoms with Crippen molar-refractivity contribution >= 4 is 0 Å². The third-order valence-electron chi connectivity index (χ3n) is 5.83. The van der Waals surface area contributed by atoms with E-state index < -0.39 is 5.60 Å². The van der Waals surface area contributed by atoms with E-state index in [4.69, 9.17) is 0 Å².